The molecule has 1 unspecified atom stereocenters. The van der Waals surface area contributed by atoms with E-state index in [1.54, 1.807) is 32.2 Å². The summed E-state index contributed by atoms with van der Waals surface area (Å²) in [6.07, 6.45) is 0. The molecule has 1 aromatic heterocycles. The van der Waals surface area contributed by atoms with Crippen molar-refractivity contribution in [2.24, 2.45) is 20.0 Å². The van der Waals surface area contributed by atoms with Crippen LogP contribution in [-0.2, 0) is 23.6 Å². The molecule has 172 valence electrons. The van der Waals surface area contributed by atoms with Gasteiger partial charge in [-0.15, -0.1) is 0 Å². The largest absolute Gasteiger partial charge is 0.497 e. The third kappa shape index (κ3) is 3.90. The van der Waals surface area contributed by atoms with Crippen molar-refractivity contribution in [2.75, 3.05) is 26.1 Å². The van der Waals surface area contributed by atoms with Gasteiger partial charge in [0.2, 0.25) is 0 Å². The number of carbonyl (C=O) groups is 1. The van der Waals surface area contributed by atoms with E-state index in [4.69, 9.17) is 14.2 Å². The zero-order valence-corrected chi connectivity index (χ0v) is 19.4. The third-order valence-corrected chi connectivity index (χ3v) is 5.50. The molecule has 1 N–H and O–H groups in total. The van der Waals surface area contributed by atoms with Crippen molar-refractivity contribution in [3.05, 3.63) is 61.4 Å². The summed E-state index contributed by atoms with van der Waals surface area (Å²) in [5, 5.41) is 3.08. The van der Waals surface area contributed by atoms with Gasteiger partial charge in [-0.1, -0.05) is 13.8 Å². The number of fused-ring (bicyclic) bond motifs is 1. The van der Waals surface area contributed by atoms with Crippen LogP contribution in [0.5, 0.6) is 11.5 Å². The maximum atomic E-state index is 13.3. The first-order valence-electron chi connectivity index (χ1n) is 10.3. The molecule has 9 heteroatoms. The highest BCUT2D eigenvalue weighted by Crippen LogP contribution is 2.44. The molecule has 1 atom stereocenters. The van der Waals surface area contributed by atoms with E-state index >= 15 is 0 Å². The van der Waals surface area contributed by atoms with Crippen LogP contribution >= 0.6 is 0 Å². The zero-order chi connectivity index (χ0) is 23.7. The number of allylic oxidation sites excluding steroid dienone is 1. The van der Waals surface area contributed by atoms with Gasteiger partial charge in [0.05, 0.1) is 37.9 Å². The molecule has 0 fully saturated rings. The van der Waals surface area contributed by atoms with Gasteiger partial charge in [0.25, 0.3) is 5.56 Å². The molecule has 1 aliphatic heterocycles. The lowest BCUT2D eigenvalue weighted by Gasteiger charge is -2.31. The Balaban J connectivity index is 2.37. The van der Waals surface area contributed by atoms with E-state index in [1.165, 1.54) is 25.8 Å². The van der Waals surface area contributed by atoms with E-state index in [1.807, 2.05) is 13.8 Å². The fourth-order valence-corrected chi connectivity index (χ4v) is 3.85. The molecule has 0 saturated heterocycles. The van der Waals surface area contributed by atoms with Crippen LogP contribution in [0.25, 0.3) is 0 Å². The highest BCUT2D eigenvalue weighted by atomic mass is 16.5. The summed E-state index contributed by atoms with van der Waals surface area (Å²) in [5.74, 6) is 0.103. The van der Waals surface area contributed by atoms with E-state index in [0.29, 0.717) is 28.6 Å². The predicted molar refractivity (Wildman–Crippen MR) is 120 cm³/mol. The summed E-state index contributed by atoms with van der Waals surface area (Å²) in [6.45, 7) is 5.83. The molecule has 2 heterocycles. The number of ether oxygens (including phenoxy) is 3. The zero-order valence-electron chi connectivity index (χ0n) is 19.4. The average Bonchev–Trinajstić information content (AvgIpc) is 2.78. The molecule has 3 rings (SSSR count). The normalized spacial score (nSPS) is 15.3. The molecule has 1 aliphatic rings. The fraction of sp³-hybridized carbons (Fsp3) is 0.435. The fourth-order valence-electron chi connectivity index (χ4n) is 3.85. The number of esters is 1. The Kier molecular flexibility index (Phi) is 6.47. The number of carbonyl (C=O) groups excluding carboxylic acids is 1. The molecule has 0 saturated carbocycles. The molecule has 1 aromatic carbocycles. The van der Waals surface area contributed by atoms with E-state index in [9.17, 15) is 14.4 Å². The second-order valence-corrected chi connectivity index (χ2v) is 8.16. The van der Waals surface area contributed by atoms with Crippen LogP contribution in [0.1, 0.15) is 37.8 Å². The van der Waals surface area contributed by atoms with Crippen molar-refractivity contribution in [2.45, 2.75) is 26.7 Å². The predicted octanol–water partition coefficient (Wildman–Crippen LogP) is 2.13. The van der Waals surface area contributed by atoms with Crippen LogP contribution in [-0.4, -0.2) is 35.9 Å². The van der Waals surface area contributed by atoms with Gasteiger partial charge in [0, 0.05) is 25.4 Å². The average molecular weight is 444 g/mol. The number of hydrogen-bond acceptors (Lipinski definition) is 7. The second-order valence-electron chi connectivity index (χ2n) is 8.16. The molecule has 32 heavy (non-hydrogen) atoms. The van der Waals surface area contributed by atoms with Crippen LogP contribution in [0.15, 0.2) is 39.1 Å². The molecule has 9 nitrogen and oxygen atoms in total. The van der Waals surface area contributed by atoms with E-state index in [-0.39, 0.29) is 23.7 Å². The molecular formula is C23H29N3O6. The van der Waals surface area contributed by atoms with Gasteiger partial charge < -0.3 is 19.5 Å². The minimum Gasteiger partial charge on any atom is -0.497 e. The van der Waals surface area contributed by atoms with Gasteiger partial charge in [-0.2, -0.15) is 0 Å². The van der Waals surface area contributed by atoms with Gasteiger partial charge in [0.1, 0.15) is 17.3 Å². The summed E-state index contributed by atoms with van der Waals surface area (Å²) >= 11 is 0. The first kappa shape index (κ1) is 23.2. The number of anilines is 1. The summed E-state index contributed by atoms with van der Waals surface area (Å²) in [4.78, 5) is 39.1. The third-order valence-electron chi connectivity index (χ3n) is 5.50. The van der Waals surface area contributed by atoms with E-state index in [0.717, 1.165) is 4.57 Å². The van der Waals surface area contributed by atoms with Crippen molar-refractivity contribution in [1.82, 2.24) is 9.13 Å². The Morgan fingerprint density at radius 2 is 1.81 bits per heavy atom. The number of aromatic nitrogens is 2. The molecule has 0 radical (unpaired) electrons. The van der Waals surface area contributed by atoms with Crippen LogP contribution in [0.3, 0.4) is 0 Å². The van der Waals surface area contributed by atoms with Crippen molar-refractivity contribution in [3.63, 3.8) is 0 Å². The molecule has 2 aromatic rings. The van der Waals surface area contributed by atoms with Crippen LogP contribution < -0.4 is 26.0 Å². The van der Waals surface area contributed by atoms with Crippen molar-refractivity contribution in [1.29, 1.82) is 0 Å². The quantitative estimate of drug-likeness (QED) is 0.683. The van der Waals surface area contributed by atoms with Crippen molar-refractivity contribution >= 4 is 11.8 Å². The second kappa shape index (κ2) is 8.94. The number of benzene rings is 1. The van der Waals surface area contributed by atoms with Gasteiger partial charge in [0.15, 0.2) is 0 Å². The first-order chi connectivity index (χ1) is 15.1. The highest BCUT2D eigenvalue weighted by Gasteiger charge is 2.39. The Hall–Kier alpha value is -3.49. The van der Waals surface area contributed by atoms with Gasteiger partial charge in [-0.3, -0.25) is 13.9 Å². The maximum Gasteiger partial charge on any atom is 0.336 e. The Morgan fingerprint density at radius 3 is 2.41 bits per heavy atom. The summed E-state index contributed by atoms with van der Waals surface area (Å²) < 4.78 is 18.9. The monoisotopic (exact) mass is 443 g/mol. The minimum absolute atomic E-state index is 0.141. The maximum absolute atomic E-state index is 13.3. The van der Waals surface area contributed by atoms with Gasteiger partial charge in [-0.05, 0) is 31.0 Å². The van der Waals surface area contributed by atoms with Gasteiger partial charge in [-0.25, -0.2) is 9.59 Å². The summed E-state index contributed by atoms with van der Waals surface area (Å²) in [6, 6.07) is 5.18. The SMILES string of the molecule is COc1ccc(OC)c(C2C(C(=O)OCC(C)C)=C(C)Nc3c2c(=O)n(C)c(=O)n3C)c1. The minimum atomic E-state index is -0.832. The summed E-state index contributed by atoms with van der Waals surface area (Å²) in [5.41, 5.74) is 0.595. The smallest absolute Gasteiger partial charge is 0.336 e. The number of nitrogens with one attached hydrogen (secondary N) is 1. The number of nitrogens with zero attached hydrogens (tertiary/aromatic N) is 2. The van der Waals surface area contributed by atoms with Gasteiger partial charge >= 0.3 is 11.7 Å². The number of hydrogen-bond donors (Lipinski definition) is 1. The van der Waals surface area contributed by atoms with E-state index in [2.05, 4.69) is 5.32 Å². The molecule has 0 aliphatic carbocycles. The standard InChI is InChI=1S/C23H29N3O6/c1-12(2)11-32-22(28)17-13(3)24-20-19(21(27)26(5)23(29)25(20)4)18(17)15-10-14(30-6)8-9-16(15)31-7/h8-10,12,18,24H,11H2,1-7H3. The lowest BCUT2D eigenvalue weighted by molar-refractivity contribution is -0.140. The molecule has 0 amide bonds. The Labute approximate surface area is 186 Å². The van der Waals surface area contributed by atoms with Crippen molar-refractivity contribution in [3.8, 4) is 11.5 Å². The summed E-state index contributed by atoms with van der Waals surface area (Å²) in [7, 11) is 6.03. The van der Waals surface area contributed by atoms with Crippen LogP contribution in [0, 0.1) is 5.92 Å². The molecule has 0 bridgehead atoms. The van der Waals surface area contributed by atoms with E-state index < -0.39 is 23.1 Å². The Morgan fingerprint density at radius 1 is 1.12 bits per heavy atom. The topological polar surface area (TPSA) is 101 Å². The van der Waals surface area contributed by atoms with Crippen molar-refractivity contribution < 1.29 is 19.0 Å². The Bertz CT molecular complexity index is 1210. The highest BCUT2D eigenvalue weighted by molar-refractivity contribution is 5.94. The molecule has 0 spiro atoms. The van der Waals surface area contributed by atoms with Crippen LogP contribution in [0.2, 0.25) is 0 Å². The van der Waals surface area contributed by atoms with Crippen LogP contribution in [0.4, 0.5) is 5.82 Å². The first-order valence-corrected chi connectivity index (χ1v) is 10.3. The lowest BCUT2D eigenvalue weighted by Crippen LogP contribution is -2.43. The lowest BCUT2D eigenvalue weighted by atomic mass is 9.81. The number of methoxy groups -OCH3 is 2. The number of rotatable bonds is 6. The molecular weight excluding hydrogens is 414 g/mol.